The molecule has 6 heteroatoms. The highest BCUT2D eigenvalue weighted by Gasteiger charge is 2.31. The molecular formula is C22H26N2O4. The van der Waals surface area contributed by atoms with Crippen molar-refractivity contribution in [1.82, 2.24) is 5.32 Å². The van der Waals surface area contributed by atoms with Gasteiger partial charge < -0.3 is 15.3 Å². The molecule has 0 saturated heterocycles. The number of carboxylic acid groups (broad SMARTS) is 1. The molecule has 2 aromatic carbocycles. The SMILES string of the molecule is CNC(=O)Cc1ccc(CC(C)(/C(C)=N/OCC(=O)O)c2ccccc2)cc1. The summed E-state index contributed by atoms with van der Waals surface area (Å²) >= 11 is 0. The third-order valence-electron chi connectivity index (χ3n) is 4.82. The third kappa shape index (κ3) is 5.67. The van der Waals surface area contributed by atoms with Crippen LogP contribution in [-0.4, -0.2) is 36.3 Å². The lowest BCUT2D eigenvalue weighted by molar-refractivity contribution is -0.142. The van der Waals surface area contributed by atoms with Crippen molar-refractivity contribution in [3.63, 3.8) is 0 Å². The number of likely N-dealkylation sites (N-methyl/N-ethyl adjacent to an activating group) is 1. The van der Waals surface area contributed by atoms with Crippen LogP contribution in [0.4, 0.5) is 0 Å². The van der Waals surface area contributed by atoms with Crippen LogP contribution >= 0.6 is 0 Å². The maximum absolute atomic E-state index is 11.5. The number of benzene rings is 2. The number of carbonyl (C=O) groups is 2. The smallest absolute Gasteiger partial charge is 0.344 e. The number of carboxylic acids is 1. The van der Waals surface area contributed by atoms with Gasteiger partial charge in [0, 0.05) is 12.5 Å². The normalized spacial score (nSPS) is 13.5. The fourth-order valence-electron chi connectivity index (χ4n) is 2.99. The van der Waals surface area contributed by atoms with Gasteiger partial charge in [-0.1, -0.05) is 59.8 Å². The van der Waals surface area contributed by atoms with E-state index in [1.165, 1.54) is 0 Å². The van der Waals surface area contributed by atoms with Gasteiger partial charge in [0.2, 0.25) is 12.5 Å². The van der Waals surface area contributed by atoms with Gasteiger partial charge in [0.15, 0.2) is 0 Å². The summed E-state index contributed by atoms with van der Waals surface area (Å²) in [6, 6.07) is 17.8. The minimum Gasteiger partial charge on any atom is -0.479 e. The van der Waals surface area contributed by atoms with E-state index in [9.17, 15) is 9.59 Å². The summed E-state index contributed by atoms with van der Waals surface area (Å²) < 4.78 is 0. The van der Waals surface area contributed by atoms with Gasteiger partial charge in [-0.25, -0.2) is 4.79 Å². The molecule has 0 aliphatic carbocycles. The van der Waals surface area contributed by atoms with Crippen molar-refractivity contribution < 1.29 is 19.5 Å². The summed E-state index contributed by atoms with van der Waals surface area (Å²) in [5, 5.41) is 15.4. The molecule has 2 aromatic rings. The molecule has 0 fully saturated rings. The zero-order chi connectivity index (χ0) is 20.6. The van der Waals surface area contributed by atoms with E-state index in [0.29, 0.717) is 18.6 Å². The number of hydrogen-bond donors (Lipinski definition) is 2. The van der Waals surface area contributed by atoms with Gasteiger partial charge in [-0.3, -0.25) is 4.79 Å². The lowest BCUT2D eigenvalue weighted by Gasteiger charge is -2.30. The van der Waals surface area contributed by atoms with Crippen LogP contribution in [0.2, 0.25) is 0 Å². The quantitative estimate of drug-likeness (QED) is 0.516. The van der Waals surface area contributed by atoms with Crippen LogP contribution in [0.1, 0.15) is 30.5 Å². The van der Waals surface area contributed by atoms with Gasteiger partial charge in [0.1, 0.15) is 0 Å². The number of hydrogen-bond acceptors (Lipinski definition) is 4. The van der Waals surface area contributed by atoms with E-state index in [4.69, 9.17) is 9.94 Å². The first kappa shape index (κ1) is 21.2. The van der Waals surface area contributed by atoms with Gasteiger partial charge >= 0.3 is 5.97 Å². The van der Waals surface area contributed by atoms with E-state index in [1.54, 1.807) is 7.05 Å². The van der Waals surface area contributed by atoms with Crippen molar-refractivity contribution in [3.05, 3.63) is 71.3 Å². The Morgan fingerprint density at radius 3 is 2.25 bits per heavy atom. The number of amides is 1. The molecule has 148 valence electrons. The van der Waals surface area contributed by atoms with Gasteiger partial charge in [0.05, 0.1) is 12.1 Å². The summed E-state index contributed by atoms with van der Waals surface area (Å²) in [7, 11) is 1.62. The molecule has 1 unspecified atom stereocenters. The van der Waals surface area contributed by atoms with Gasteiger partial charge in [0.25, 0.3) is 0 Å². The Bertz CT molecular complexity index is 831. The predicted molar refractivity (Wildman–Crippen MR) is 108 cm³/mol. The average molecular weight is 382 g/mol. The van der Waals surface area contributed by atoms with Crippen molar-refractivity contribution >= 4 is 17.6 Å². The second kappa shape index (κ2) is 9.69. The molecule has 6 nitrogen and oxygen atoms in total. The van der Waals surface area contributed by atoms with Crippen LogP contribution in [0.3, 0.4) is 0 Å². The zero-order valence-electron chi connectivity index (χ0n) is 16.4. The molecule has 0 bridgehead atoms. The maximum Gasteiger partial charge on any atom is 0.344 e. The largest absolute Gasteiger partial charge is 0.479 e. The Labute approximate surface area is 165 Å². The zero-order valence-corrected chi connectivity index (χ0v) is 16.4. The van der Waals surface area contributed by atoms with E-state index in [-0.39, 0.29) is 5.91 Å². The van der Waals surface area contributed by atoms with Crippen molar-refractivity contribution in [3.8, 4) is 0 Å². The van der Waals surface area contributed by atoms with Crippen LogP contribution < -0.4 is 5.32 Å². The number of rotatable bonds is 9. The van der Waals surface area contributed by atoms with Crippen LogP contribution in [0.5, 0.6) is 0 Å². The fourth-order valence-corrected chi connectivity index (χ4v) is 2.99. The molecule has 0 aromatic heterocycles. The number of nitrogens with one attached hydrogen (secondary N) is 1. The molecule has 1 atom stereocenters. The Morgan fingerprint density at radius 2 is 1.68 bits per heavy atom. The Kier molecular flexibility index (Phi) is 7.32. The summed E-state index contributed by atoms with van der Waals surface area (Å²) in [5.41, 5.74) is 3.31. The number of nitrogens with zero attached hydrogens (tertiary/aromatic N) is 1. The topological polar surface area (TPSA) is 88.0 Å². The van der Waals surface area contributed by atoms with Crippen LogP contribution in [0, 0.1) is 0 Å². The Morgan fingerprint density at radius 1 is 1.07 bits per heavy atom. The first-order valence-electron chi connectivity index (χ1n) is 9.08. The van der Waals surface area contributed by atoms with E-state index < -0.39 is 18.0 Å². The summed E-state index contributed by atoms with van der Waals surface area (Å²) in [6.07, 6.45) is 0.999. The highest BCUT2D eigenvalue weighted by molar-refractivity contribution is 5.92. The molecule has 0 saturated carbocycles. The van der Waals surface area contributed by atoms with Gasteiger partial charge in [-0.15, -0.1) is 0 Å². The molecule has 28 heavy (non-hydrogen) atoms. The molecule has 0 radical (unpaired) electrons. The van der Waals surface area contributed by atoms with Crippen LogP contribution in [0.15, 0.2) is 59.8 Å². The van der Waals surface area contributed by atoms with Crippen molar-refractivity contribution in [2.24, 2.45) is 5.16 Å². The van der Waals surface area contributed by atoms with E-state index in [1.807, 2.05) is 61.5 Å². The minimum atomic E-state index is -1.07. The number of carbonyl (C=O) groups excluding carboxylic acids is 1. The molecule has 0 aliphatic heterocycles. The predicted octanol–water partition coefficient (Wildman–Crippen LogP) is 2.95. The first-order chi connectivity index (χ1) is 13.3. The van der Waals surface area contributed by atoms with E-state index in [2.05, 4.69) is 17.4 Å². The molecule has 0 aliphatic rings. The Balaban J connectivity index is 2.27. The second-order valence-corrected chi connectivity index (χ2v) is 6.89. The number of aliphatic carboxylic acids is 1. The molecule has 1 amide bonds. The maximum atomic E-state index is 11.5. The van der Waals surface area contributed by atoms with Gasteiger partial charge in [-0.2, -0.15) is 0 Å². The van der Waals surface area contributed by atoms with Crippen molar-refractivity contribution in [1.29, 1.82) is 0 Å². The first-order valence-corrected chi connectivity index (χ1v) is 9.08. The molecule has 2 rings (SSSR count). The Hall–Kier alpha value is -3.15. The number of oxime groups is 1. The summed E-state index contributed by atoms with van der Waals surface area (Å²) in [6.45, 7) is 3.43. The third-order valence-corrected chi connectivity index (χ3v) is 4.82. The molecule has 0 heterocycles. The summed E-state index contributed by atoms with van der Waals surface area (Å²) in [4.78, 5) is 27.2. The average Bonchev–Trinajstić information content (AvgIpc) is 2.69. The van der Waals surface area contributed by atoms with Gasteiger partial charge in [-0.05, 0) is 37.0 Å². The van der Waals surface area contributed by atoms with Crippen LogP contribution in [0.25, 0.3) is 0 Å². The highest BCUT2D eigenvalue weighted by atomic mass is 16.6. The molecular weight excluding hydrogens is 356 g/mol. The summed E-state index contributed by atoms with van der Waals surface area (Å²) in [5.74, 6) is -1.09. The minimum absolute atomic E-state index is 0.0274. The van der Waals surface area contributed by atoms with Crippen molar-refractivity contribution in [2.45, 2.75) is 32.1 Å². The van der Waals surface area contributed by atoms with Crippen molar-refractivity contribution in [2.75, 3.05) is 13.7 Å². The monoisotopic (exact) mass is 382 g/mol. The standard InChI is InChI=1S/C22H26N2O4/c1-16(24-28-15-21(26)27)22(2,19-7-5-4-6-8-19)14-18-11-9-17(10-12-18)13-20(25)23-3/h4-12H,13-15H2,1-3H3,(H,23,25)(H,26,27)/b24-16+. The molecule has 2 N–H and O–H groups in total. The lowest BCUT2D eigenvalue weighted by Crippen LogP contribution is -2.33. The van der Waals surface area contributed by atoms with E-state index >= 15 is 0 Å². The highest BCUT2D eigenvalue weighted by Crippen LogP contribution is 2.30. The fraction of sp³-hybridized carbons (Fsp3) is 0.318. The van der Waals surface area contributed by atoms with Crippen LogP contribution in [-0.2, 0) is 32.7 Å². The lowest BCUT2D eigenvalue weighted by atomic mass is 9.74. The molecule has 0 spiro atoms. The van der Waals surface area contributed by atoms with E-state index in [0.717, 1.165) is 16.7 Å². The second-order valence-electron chi connectivity index (χ2n) is 6.89.